The summed E-state index contributed by atoms with van der Waals surface area (Å²) in [5.41, 5.74) is 4.36. The van der Waals surface area contributed by atoms with Crippen molar-refractivity contribution in [3.63, 3.8) is 0 Å². The number of carbonyl (C=O) groups excluding carboxylic acids is 1. The van der Waals surface area contributed by atoms with Gasteiger partial charge in [-0.25, -0.2) is 4.79 Å². The lowest BCUT2D eigenvalue weighted by Crippen LogP contribution is -2.41. The van der Waals surface area contributed by atoms with Crippen LogP contribution < -0.4 is 5.32 Å². The highest BCUT2D eigenvalue weighted by atomic mass is 16.4. The lowest BCUT2D eigenvalue weighted by molar-refractivity contribution is -0.128. The van der Waals surface area contributed by atoms with Gasteiger partial charge in [-0.1, -0.05) is 6.07 Å². The Balaban J connectivity index is 1.81. The molecule has 2 heterocycles. The molecule has 0 aliphatic carbocycles. The standard InChI is InChI=1S/C16H18N2O3/c1-10(14-7-17-8-14)15(19)18-5-4-11-2-3-12(16(20)21)6-13(11)9-18/h2-3,6,17H,4-5,7-9H2,1H3,(H,20,21). The molecule has 1 fully saturated rings. The molecule has 2 aliphatic rings. The molecule has 0 bridgehead atoms. The monoisotopic (exact) mass is 286 g/mol. The Morgan fingerprint density at radius 3 is 2.62 bits per heavy atom. The molecule has 3 rings (SSSR count). The number of nitrogens with zero attached hydrogens (tertiary/aromatic N) is 1. The summed E-state index contributed by atoms with van der Waals surface area (Å²) in [6, 6.07) is 5.18. The fourth-order valence-electron chi connectivity index (χ4n) is 2.77. The summed E-state index contributed by atoms with van der Waals surface area (Å²) >= 11 is 0. The van der Waals surface area contributed by atoms with Gasteiger partial charge in [-0.15, -0.1) is 0 Å². The summed E-state index contributed by atoms with van der Waals surface area (Å²) in [6.07, 6.45) is 0.780. The van der Waals surface area contributed by atoms with E-state index in [9.17, 15) is 9.59 Å². The summed E-state index contributed by atoms with van der Waals surface area (Å²) in [7, 11) is 0. The first-order valence-electron chi connectivity index (χ1n) is 7.10. The Kier molecular flexibility index (Phi) is 3.51. The van der Waals surface area contributed by atoms with Gasteiger partial charge in [0, 0.05) is 31.8 Å². The van der Waals surface area contributed by atoms with Crippen LogP contribution in [0, 0.1) is 0 Å². The van der Waals surface area contributed by atoms with Crippen molar-refractivity contribution in [2.75, 3.05) is 19.6 Å². The minimum absolute atomic E-state index is 0.0675. The highest BCUT2D eigenvalue weighted by Gasteiger charge is 2.25. The lowest BCUT2D eigenvalue weighted by Gasteiger charge is -2.31. The maximum atomic E-state index is 12.5. The fourth-order valence-corrected chi connectivity index (χ4v) is 2.77. The lowest BCUT2D eigenvalue weighted by atomic mass is 9.96. The van der Waals surface area contributed by atoms with Gasteiger partial charge < -0.3 is 15.3 Å². The molecule has 110 valence electrons. The van der Waals surface area contributed by atoms with E-state index < -0.39 is 5.97 Å². The van der Waals surface area contributed by atoms with Crippen molar-refractivity contribution in [3.05, 3.63) is 46.0 Å². The van der Waals surface area contributed by atoms with Gasteiger partial charge in [0.1, 0.15) is 0 Å². The quantitative estimate of drug-likeness (QED) is 0.801. The molecule has 0 aromatic heterocycles. The molecular formula is C16H18N2O3. The van der Waals surface area contributed by atoms with Crippen molar-refractivity contribution in [2.45, 2.75) is 19.9 Å². The van der Waals surface area contributed by atoms with Crippen molar-refractivity contribution in [1.29, 1.82) is 0 Å². The molecule has 2 aliphatic heterocycles. The second-order valence-corrected chi connectivity index (χ2v) is 5.60. The van der Waals surface area contributed by atoms with Crippen LogP contribution in [0.1, 0.15) is 28.4 Å². The Morgan fingerprint density at radius 2 is 2.00 bits per heavy atom. The maximum absolute atomic E-state index is 12.5. The molecule has 1 aromatic rings. The van der Waals surface area contributed by atoms with E-state index in [0.29, 0.717) is 13.1 Å². The minimum atomic E-state index is -0.930. The number of carboxylic acid groups (broad SMARTS) is 1. The van der Waals surface area contributed by atoms with Gasteiger partial charge in [0.05, 0.1) is 5.56 Å². The van der Waals surface area contributed by atoms with Gasteiger partial charge in [0.25, 0.3) is 0 Å². The smallest absolute Gasteiger partial charge is 0.335 e. The summed E-state index contributed by atoms with van der Waals surface area (Å²) in [6.45, 7) is 4.65. The van der Waals surface area contributed by atoms with Gasteiger partial charge in [0.15, 0.2) is 0 Å². The average Bonchev–Trinajstić information content (AvgIpc) is 2.43. The molecule has 2 N–H and O–H groups in total. The molecule has 1 aromatic carbocycles. The van der Waals surface area contributed by atoms with Crippen molar-refractivity contribution in [3.8, 4) is 0 Å². The van der Waals surface area contributed by atoms with Crippen LogP contribution in [0.2, 0.25) is 0 Å². The molecule has 5 nitrogen and oxygen atoms in total. The zero-order chi connectivity index (χ0) is 15.0. The number of amides is 1. The molecule has 0 spiro atoms. The molecular weight excluding hydrogens is 268 g/mol. The van der Waals surface area contributed by atoms with Gasteiger partial charge in [0.2, 0.25) is 5.91 Å². The number of fused-ring (bicyclic) bond motifs is 1. The van der Waals surface area contributed by atoms with E-state index in [4.69, 9.17) is 5.11 Å². The van der Waals surface area contributed by atoms with Crippen LogP contribution in [0.3, 0.4) is 0 Å². The van der Waals surface area contributed by atoms with Crippen LogP contribution in [0.5, 0.6) is 0 Å². The van der Waals surface area contributed by atoms with Gasteiger partial charge >= 0.3 is 5.97 Å². The third-order valence-electron chi connectivity index (χ3n) is 4.28. The van der Waals surface area contributed by atoms with Gasteiger partial charge in [-0.05, 0) is 42.2 Å². The number of carboxylic acids is 1. The number of hydrogen-bond acceptors (Lipinski definition) is 3. The van der Waals surface area contributed by atoms with Crippen LogP contribution in [-0.4, -0.2) is 41.5 Å². The molecule has 0 unspecified atom stereocenters. The first kappa shape index (κ1) is 13.8. The Hall–Kier alpha value is -2.14. The maximum Gasteiger partial charge on any atom is 0.335 e. The highest BCUT2D eigenvalue weighted by molar-refractivity contribution is 5.94. The number of carbonyl (C=O) groups is 2. The summed E-state index contributed by atoms with van der Waals surface area (Å²) in [5, 5.41) is 12.2. The average molecular weight is 286 g/mol. The van der Waals surface area contributed by atoms with E-state index in [0.717, 1.165) is 36.2 Å². The van der Waals surface area contributed by atoms with Crippen LogP contribution in [0.15, 0.2) is 29.3 Å². The predicted octanol–water partition coefficient (Wildman–Crippen LogP) is 1.19. The summed E-state index contributed by atoms with van der Waals surface area (Å²) in [5.74, 6) is -0.863. The van der Waals surface area contributed by atoms with Crippen molar-refractivity contribution in [1.82, 2.24) is 10.2 Å². The van der Waals surface area contributed by atoms with E-state index in [1.807, 2.05) is 17.9 Å². The van der Waals surface area contributed by atoms with Crippen LogP contribution in [0.25, 0.3) is 0 Å². The second-order valence-electron chi connectivity index (χ2n) is 5.60. The summed E-state index contributed by atoms with van der Waals surface area (Å²) in [4.78, 5) is 25.4. The fraction of sp³-hybridized carbons (Fsp3) is 0.375. The number of aromatic carboxylic acids is 1. The van der Waals surface area contributed by atoms with Gasteiger partial charge in [-0.3, -0.25) is 4.79 Å². The minimum Gasteiger partial charge on any atom is -0.478 e. The van der Waals surface area contributed by atoms with E-state index in [-0.39, 0.29) is 11.5 Å². The molecule has 0 atom stereocenters. The van der Waals surface area contributed by atoms with Crippen LogP contribution in [0.4, 0.5) is 0 Å². The SMILES string of the molecule is CC(C(=O)N1CCc2ccc(C(=O)O)cc2C1)=C1CNC1. The first-order valence-corrected chi connectivity index (χ1v) is 7.10. The van der Waals surface area contributed by atoms with Crippen molar-refractivity contribution in [2.24, 2.45) is 0 Å². The largest absolute Gasteiger partial charge is 0.478 e. The zero-order valence-electron chi connectivity index (χ0n) is 12.0. The van der Waals surface area contributed by atoms with Crippen molar-refractivity contribution >= 4 is 11.9 Å². The molecule has 21 heavy (non-hydrogen) atoms. The number of benzene rings is 1. The number of hydrogen-bond donors (Lipinski definition) is 2. The molecule has 0 saturated carbocycles. The van der Waals surface area contributed by atoms with E-state index in [1.165, 1.54) is 5.57 Å². The van der Waals surface area contributed by atoms with E-state index in [2.05, 4.69) is 5.32 Å². The third kappa shape index (κ3) is 2.56. The number of nitrogens with one attached hydrogen (secondary N) is 1. The Morgan fingerprint density at radius 1 is 1.24 bits per heavy atom. The Bertz CT molecular complexity index is 643. The van der Waals surface area contributed by atoms with E-state index >= 15 is 0 Å². The molecule has 0 radical (unpaired) electrons. The van der Waals surface area contributed by atoms with Gasteiger partial charge in [-0.2, -0.15) is 0 Å². The van der Waals surface area contributed by atoms with Crippen LogP contribution >= 0.6 is 0 Å². The zero-order valence-corrected chi connectivity index (χ0v) is 12.0. The molecule has 1 saturated heterocycles. The first-order chi connectivity index (χ1) is 10.1. The topological polar surface area (TPSA) is 69.6 Å². The van der Waals surface area contributed by atoms with E-state index in [1.54, 1.807) is 12.1 Å². The third-order valence-corrected chi connectivity index (χ3v) is 4.28. The second kappa shape index (κ2) is 5.33. The molecule has 1 amide bonds. The Labute approximate surface area is 123 Å². The normalized spacial score (nSPS) is 17.0. The van der Waals surface area contributed by atoms with Crippen LogP contribution in [-0.2, 0) is 17.8 Å². The summed E-state index contributed by atoms with van der Waals surface area (Å²) < 4.78 is 0. The van der Waals surface area contributed by atoms with Crippen molar-refractivity contribution < 1.29 is 14.7 Å². The molecule has 5 heteroatoms. The number of rotatable bonds is 2. The highest BCUT2D eigenvalue weighted by Crippen LogP contribution is 2.23. The predicted molar refractivity (Wildman–Crippen MR) is 78.1 cm³/mol.